The van der Waals surface area contributed by atoms with E-state index in [0.717, 1.165) is 17.8 Å². The van der Waals surface area contributed by atoms with Crippen LogP contribution in [0.25, 0.3) is 0 Å². The van der Waals surface area contributed by atoms with Crippen molar-refractivity contribution in [3.63, 3.8) is 0 Å². The van der Waals surface area contributed by atoms with Crippen LogP contribution in [0.2, 0.25) is 5.02 Å². The lowest BCUT2D eigenvalue weighted by molar-refractivity contribution is -0.159. The van der Waals surface area contributed by atoms with Gasteiger partial charge in [0.25, 0.3) is 0 Å². The van der Waals surface area contributed by atoms with Gasteiger partial charge in [0.15, 0.2) is 0 Å². The van der Waals surface area contributed by atoms with Crippen molar-refractivity contribution in [1.82, 2.24) is 14.9 Å². The first-order valence-electron chi connectivity index (χ1n) is 8.71. The largest absolute Gasteiger partial charge is 0.478 e. The molecule has 2 aromatic rings. The summed E-state index contributed by atoms with van der Waals surface area (Å²) in [4.78, 5) is 22.7. The number of carbonyl (C=O) groups is 1. The number of aryl methyl sites for hydroxylation is 1. The molecule has 138 valence electrons. The molecule has 3 rings (SSSR count). The highest BCUT2D eigenvalue weighted by atomic mass is 35.5. The van der Waals surface area contributed by atoms with Crippen molar-refractivity contribution < 1.29 is 14.6 Å². The van der Waals surface area contributed by atoms with Gasteiger partial charge >= 0.3 is 5.97 Å². The normalized spacial score (nSPS) is 17.0. The van der Waals surface area contributed by atoms with Gasteiger partial charge in [-0.3, -0.25) is 4.90 Å². The standard InChI is InChI=1S/C19H22ClN3O3/c1-2-17-21-11-14(12-22-17)13-23-9-7-19(8-10-23,18(24)25)26-16-5-3-15(20)4-6-16/h3-6,11-12H,2,7-10,13H2,1H3,(H,24,25). The number of hydrogen-bond donors (Lipinski definition) is 1. The third-order valence-electron chi connectivity index (χ3n) is 4.66. The smallest absolute Gasteiger partial charge is 0.348 e. The summed E-state index contributed by atoms with van der Waals surface area (Å²) >= 11 is 5.88. The Labute approximate surface area is 157 Å². The fraction of sp³-hybridized carbons (Fsp3) is 0.421. The van der Waals surface area contributed by atoms with Crippen molar-refractivity contribution in [1.29, 1.82) is 0 Å². The SMILES string of the molecule is CCc1ncc(CN2CCC(Oc3ccc(Cl)cc3)(C(=O)O)CC2)cn1. The van der Waals surface area contributed by atoms with Gasteiger partial charge in [0.1, 0.15) is 11.6 Å². The molecule has 0 unspecified atom stereocenters. The zero-order valence-corrected chi connectivity index (χ0v) is 15.4. The van der Waals surface area contributed by atoms with Gasteiger partial charge in [-0.05, 0) is 24.3 Å². The number of ether oxygens (including phenoxy) is 1. The predicted molar refractivity (Wildman–Crippen MR) is 98.4 cm³/mol. The van der Waals surface area contributed by atoms with Crippen molar-refractivity contribution in [2.24, 2.45) is 0 Å². The maximum Gasteiger partial charge on any atom is 0.348 e. The Morgan fingerprint density at radius 2 is 1.85 bits per heavy atom. The van der Waals surface area contributed by atoms with Crippen molar-refractivity contribution in [2.45, 2.75) is 38.3 Å². The number of aromatic nitrogens is 2. The molecular formula is C19H22ClN3O3. The summed E-state index contributed by atoms with van der Waals surface area (Å²) in [5, 5.41) is 10.3. The van der Waals surface area contributed by atoms with Crippen LogP contribution in [0.1, 0.15) is 31.2 Å². The number of carboxylic acids is 1. The topological polar surface area (TPSA) is 75.6 Å². The van der Waals surface area contributed by atoms with Crippen LogP contribution in [-0.4, -0.2) is 44.6 Å². The molecule has 26 heavy (non-hydrogen) atoms. The average Bonchev–Trinajstić information content (AvgIpc) is 2.66. The van der Waals surface area contributed by atoms with E-state index in [9.17, 15) is 9.90 Å². The molecule has 0 atom stereocenters. The summed E-state index contributed by atoms with van der Waals surface area (Å²) < 4.78 is 5.88. The van der Waals surface area contributed by atoms with Gasteiger partial charge in [0.2, 0.25) is 5.60 Å². The van der Waals surface area contributed by atoms with Crippen LogP contribution in [0.5, 0.6) is 5.75 Å². The summed E-state index contributed by atoms with van der Waals surface area (Å²) in [7, 11) is 0. The van der Waals surface area contributed by atoms with Gasteiger partial charge in [-0.25, -0.2) is 14.8 Å². The number of hydrogen-bond acceptors (Lipinski definition) is 5. The number of halogens is 1. The predicted octanol–water partition coefficient (Wildman–Crippen LogP) is 3.19. The summed E-state index contributed by atoms with van der Waals surface area (Å²) in [6.45, 7) is 4.00. The Bertz CT molecular complexity index is 742. The summed E-state index contributed by atoms with van der Waals surface area (Å²) in [6.07, 6.45) is 5.33. The fourth-order valence-corrected chi connectivity index (χ4v) is 3.19. The fourth-order valence-electron chi connectivity index (χ4n) is 3.06. The van der Waals surface area contributed by atoms with Crippen LogP contribution < -0.4 is 4.74 Å². The van der Waals surface area contributed by atoms with E-state index in [0.29, 0.717) is 43.2 Å². The monoisotopic (exact) mass is 375 g/mol. The molecule has 0 amide bonds. The van der Waals surface area contributed by atoms with E-state index in [-0.39, 0.29) is 0 Å². The third-order valence-corrected chi connectivity index (χ3v) is 4.91. The van der Waals surface area contributed by atoms with Crippen LogP contribution in [0.15, 0.2) is 36.7 Å². The second kappa shape index (κ2) is 8.01. The van der Waals surface area contributed by atoms with E-state index in [1.807, 2.05) is 19.3 Å². The number of aliphatic carboxylic acids is 1. The molecule has 1 saturated heterocycles. The number of nitrogens with zero attached hydrogens (tertiary/aromatic N) is 3. The van der Waals surface area contributed by atoms with E-state index in [4.69, 9.17) is 16.3 Å². The van der Waals surface area contributed by atoms with Gasteiger partial charge in [-0.2, -0.15) is 0 Å². The molecule has 1 aliphatic rings. The molecule has 7 heteroatoms. The van der Waals surface area contributed by atoms with Gasteiger partial charge < -0.3 is 9.84 Å². The van der Waals surface area contributed by atoms with E-state index in [1.165, 1.54) is 0 Å². The molecule has 1 N–H and O–H groups in total. The highest BCUT2D eigenvalue weighted by molar-refractivity contribution is 6.30. The lowest BCUT2D eigenvalue weighted by Crippen LogP contribution is -2.53. The van der Waals surface area contributed by atoms with Crippen molar-refractivity contribution in [2.75, 3.05) is 13.1 Å². The Hall–Kier alpha value is -2.18. The van der Waals surface area contributed by atoms with E-state index < -0.39 is 11.6 Å². The molecule has 1 aromatic carbocycles. The van der Waals surface area contributed by atoms with Crippen molar-refractivity contribution >= 4 is 17.6 Å². The second-order valence-electron chi connectivity index (χ2n) is 6.49. The maximum atomic E-state index is 11.9. The Morgan fingerprint density at radius 1 is 1.23 bits per heavy atom. The minimum atomic E-state index is -1.20. The summed E-state index contributed by atoms with van der Waals surface area (Å²) in [5.41, 5.74) is -0.170. The first-order chi connectivity index (χ1) is 12.5. The van der Waals surface area contributed by atoms with E-state index in [1.54, 1.807) is 24.3 Å². The number of carboxylic acid groups (broad SMARTS) is 1. The molecule has 6 nitrogen and oxygen atoms in total. The molecule has 1 aromatic heterocycles. The van der Waals surface area contributed by atoms with Gasteiger partial charge in [0.05, 0.1) is 0 Å². The zero-order chi connectivity index (χ0) is 18.6. The molecule has 0 aliphatic carbocycles. The van der Waals surface area contributed by atoms with Crippen LogP contribution in [0, 0.1) is 0 Å². The highest BCUT2D eigenvalue weighted by Gasteiger charge is 2.44. The lowest BCUT2D eigenvalue weighted by Gasteiger charge is -2.38. The molecule has 2 heterocycles. The van der Waals surface area contributed by atoms with Gasteiger partial charge in [-0.15, -0.1) is 0 Å². The van der Waals surface area contributed by atoms with Crippen molar-refractivity contribution in [3.8, 4) is 5.75 Å². The number of likely N-dealkylation sites (tertiary alicyclic amines) is 1. The van der Waals surface area contributed by atoms with Crippen LogP contribution in [0.4, 0.5) is 0 Å². The number of rotatable bonds is 6. The lowest BCUT2D eigenvalue weighted by atomic mass is 9.91. The highest BCUT2D eigenvalue weighted by Crippen LogP contribution is 2.30. The molecular weight excluding hydrogens is 354 g/mol. The second-order valence-corrected chi connectivity index (χ2v) is 6.93. The number of piperidine rings is 1. The minimum Gasteiger partial charge on any atom is -0.478 e. The first-order valence-corrected chi connectivity index (χ1v) is 9.09. The molecule has 1 aliphatic heterocycles. The molecule has 0 saturated carbocycles. The zero-order valence-electron chi connectivity index (χ0n) is 14.7. The van der Waals surface area contributed by atoms with Crippen LogP contribution >= 0.6 is 11.6 Å². The van der Waals surface area contributed by atoms with Crippen LogP contribution in [-0.2, 0) is 17.8 Å². The number of benzene rings is 1. The van der Waals surface area contributed by atoms with Gasteiger partial charge in [0, 0.05) is 61.9 Å². The average molecular weight is 376 g/mol. The van der Waals surface area contributed by atoms with Gasteiger partial charge in [-0.1, -0.05) is 18.5 Å². The third kappa shape index (κ3) is 4.31. The summed E-state index contributed by atoms with van der Waals surface area (Å²) in [6, 6.07) is 6.79. The minimum absolute atomic E-state index is 0.416. The van der Waals surface area contributed by atoms with Crippen LogP contribution in [0.3, 0.4) is 0 Å². The Kier molecular flexibility index (Phi) is 5.74. The summed E-state index contributed by atoms with van der Waals surface area (Å²) in [5.74, 6) is 0.421. The molecule has 1 fully saturated rings. The maximum absolute atomic E-state index is 11.9. The quantitative estimate of drug-likeness (QED) is 0.835. The Morgan fingerprint density at radius 3 is 2.38 bits per heavy atom. The Balaban J connectivity index is 1.63. The molecule has 0 bridgehead atoms. The molecule has 0 radical (unpaired) electrons. The van der Waals surface area contributed by atoms with E-state index >= 15 is 0 Å². The van der Waals surface area contributed by atoms with Crippen molar-refractivity contribution in [3.05, 3.63) is 53.1 Å². The molecule has 0 spiro atoms. The van der Waals surface area contributed by atoms with E-state index in [2.05, 4.69) is 14.9 Å². The first kappa shape index (κ1) is 18.6.